The van der Waals surface area contributed by atoms with E-state index >= 15 is 0 Å². The van der Waals surface area contributed by atoms with Crippen LogP contribution in [0.2, 0.25) is 0 Å². The number of Topliss-reactive ketones (excluding diaryl/α,β-unsaturated/α-hetero) is 1. The Morgan fingerprint density at radius 2 is 1.57 bits per heavy atom. The van der Waals surface area contributed by atoms with Crippen molar-refractivity contribution in [1.29, 1.82) is 0 Å². The minimum atomic E-state index is -0.249. The fraction of sp³-hybridized carbons (Fsp3) is 0.316. The lowest BCUT2D eigenvalue weighted by Crippen LogP contribution is -2.16. The molecule has 2 N–H and O–H groups in total. The lowest BCUT2D eigenvalue weighted by molar-refractivity contribution is 0.0974. The second-order valence-electron chi connectivity index (χ2n) is 6.47. The number of carbonyl (C=O) groups excluding carboxylic acids is 1. The number of carbonyl (C=O) groups is 1. The molecule has 0 radical (unpaired) electrons. The molecule has 0 aliphatic rings. The van der Waals surface area contributed by atoms with Crippen LogP contribution >= 0.6 is 0 Å². The molecule has 0 aliphatic carbocycles. The van der Waals surface area contributed by atoms with Crippen LogP contribution in [0, 0.1) is 0 Å². The van der Waals surface area contributed by atoms with E-state index < -0.39 is 0 Å². The quantitative estimate of drug-likeness (QED) is 0.851. The molecule has 0 fully saturated rings. The van der Waals surface area contributed by atoms with Crippen LogP contribution < -0.4 is 5.73 Å². The van der Waals surface area contributed by atoms with E-state index in [1.54, 1.807) is 0 Å². The van der Waals surface area contributed by atoms with Gasteiger partial charge in [0.1, 0.15) is 0 Å². The monoisotopic (exact) mass is 281 g/mol. The molecule has 0 aromatic heterocycles. The van der Waals surface area contributed by atoms with Crippen LogP contribution in [0.1, 0.15) is 54.7 Å². The van der Waals surface area contributed by atoms with Crippen molar-refractivity contribution in [2.45, 2.75) is 38.6 Å². The van der Waals surface area contributed by atoms with Crippen molar-refractivity contribution in [3.63, 3.8) is 0 Å². The highest BCUT2D eigenvalue weighted by molar-refractivity contribution is 5.96. The summed E-state index contributed by atoms with van der Waals surface area (Å²) in [5.74, 6) is 0.0896. The Balaban J connectivity index is 2.07. The maximum absolute atomic E-state index is 12.3. The SMILES string of the molecule is CC(C)(C)c1ccc(C(=O)CC(N)c2ccccc2)cc1. The van der Waals surface area contributed by atoms with Gasteiger partial charge in [0, 0.05) is 18.0 Å². The molecular formula is C19H23NO. The summed E-state index contributed by atoms with van der Waals surface area (Å²) in [6, 6.07) is 17.4. The third-order valence-electron chi connectivity index (χ3n) is 3.71. The van der Waals surface area contributed by atoms with Gasteiger partial charge in [-0.3, -0.25) is 4.79 Å². The Morgan fingerprint density at radius 3 is 2.10 bits per heavy atom. The predicted molar refractivity (Wildman–Crippen MR) is 87.5 cm³/mol. The highest BCUT2D eigenvalue weighted by Crippen LogP contribution is 2.23. The van der Waals surface area contributed by atoms with Crippen LogP contribution in [0.4, 0.5) is 0 Å². The minimum absolute atomic E-state index is 0.0896. The smallest absolute Gasteiger partial charge is 0.164 e. The van der Waals surface area contributed by atoms with Gasteiger partial charge >= 0.3 is 0 Å². The summed E-state index contributed by atoms with van der Waals surface area (Å²) in [5, 5.41) is 0. The Hall–Kier alpha value is -1.93. The molecule has 2 heteroatoms. The number of nitrogens with two attached hydrogens (primary N) is 1. The van der Waals surface area contributed by atoms with Gasteiger partial charge in [0.25, 0.3) is 0 Å². The second kappa shape index (κ2) is 6.23. The number of rotatable bonds is 4. The normalized spacial score (nSPS) is 13.0. The molecule has 2 aromatic rings. The van der Waals surface area contributed by atoms with Crippen molar-refractivity contribution >= 4 is 5.78 Å². The lowest BCUT2D eigenvalue weighted by atomic mass is 9.86. The summed E-state index contributed by atoms with van der Waals surface area (Å²) in [6.45, 7) is 6.49. The van der Waals surface area contributed by atoms with Gasteiger partial charge in [-0.25, -0.2) is 0 Å². The molecule has 2 nitrogen and oxygen atoms in total. The minimum Gasteiger partial charge on any atom is -0.324 e. The van der Waals surface area contributed by atoms with Crippen molar-refractivity contribution in [2.75, 3.05) is 0 Å². The zero-order valence-corrected chi connectivity index (χ0v) is 13.0. The molecule has 2 aromatic carbocycles. The average Bonchev–Trinajstić information content (AvgIpc) is 2.47. The van der Waals surface area contributed by atoms with E-state index in [-0.39, 0.29) is 17.2 Å². The highest BCUT2D eigenvalue weighted by atomic mass is 16.1. The van der Waals surface area contributed by atoms with E-state index in [2.05, 4.69) is 20.8 Å². The van der Waals surface area contributed by atoms with Gasteiger partial charge in [0.05, 0.1) is 0 Å². The Labute approximate surface area is 127 Å². The zero-order chi connectivity index (χ0) is 15.5. The first kappa shape index (κ1) is 15.5. The first-order valence-corrected chi connectivity index (χ1v) is 7.32. The van der Waals surface area contributed by atoms with Crippen LogP contribution in [0.3, 0.4) is 0 Å². The van der Waals surface area contributed by atoms with Gasteiger partial charge in [-0.15, -0.1) is 0 Å². The fourth-order valence-electron chi connectivity index (χ4n) is 2.29. The molecular weight excluding hydrogens is 258 g/mol. The molecule has 0 bridgehead atoms. The number of hydrogen-bond acceptors (Lipinski definition) is 2. The molecule has 0 aliphatic heterocycles. The molecule has 21 heavy (non-hydrogen) atoms. The molecule has 0 saturated heterocycles. The lowest BCUT2D eigenvalue weighted by Gasteiger charge is -2.19. The van der Waals surface area contributed by atoms with Crippen molar-refractivity contribution < 1.29 is 4.79 Å². The molecule has 0 amide bonds. The summed E-state index contributed by atoms with van der Waals surface area (Å²) in [5.41, 5.74) is 9.17. The maximum Gasteiger partial charge on any atom is 0.164 e. The third kappa shape index (κ3) is 4.02. The number of hydrogen-bond donors (Lipinski definition) is 1. The molecule has 2 rings (SSSR count). The van der Waals surface area contributed by atoms with Crippen LogP contribution in [-0.2, 0) is 5.41 Å². The van der Waals surface area contributed by atoms with Gasteiger partial charge < -0.3 is 5.73 Å². The standard InChI is InChI=1S/C19H23NO/c1-19(2,3)16-11-9-15(10-12-16)18(21)13-17(20)14-7-5-4-6-8-14/h4-12,17H,13,20H2,1-3H3. The van der Waals surface area contributed by atoms with E-state index in [9.17, 15) is 4.79 Å². The molecule has 1 unspecified atom stereocenters. The van der Waals surface area contributed by atoms with E-state index in [0.29, 0.717) is 6.42 Å². The first-order chi connectivity index (χ1) is 9.88. The third-order valence-corrected chi connectivity index (χ3v) is 3.71. The molecule has 0 spiro atoms. The predicted octanol–water partition coefficient (Wildman–Crippen LogP) is 4.26. The van der Waals surface area contributed by atoms with Gasteiger partial charge in [-0.05, 0) is 16.5 Å². The molecule has 0 heterocycles. The molecule has 0 saturated carbocycles. The molecule has 110 valence electrons. The number of ketones is 1. The maximum atomic E-state index is 12.3. The first-order valence-electron chi connectivity index (χ1n) is 7.32. The average molecular weight is 281 g/mol. The van der Waals surface area contributed by atoms with Crippen molar-refractivity contribution in [1.82, 2.24) is 0 Å². The topological polar surface area (TPSA) is 43.1 Å². The van der Waals surface area contributed by atoms with E-state index in [4.69, 9.17) is 5.73 Å². The highest BCUT2D eigenvalue weighted by Gasteiger charge is 2.16. The van der Waals surface area contributed by atoms with Crippen LogP contribution in [0.25, 0.3) is 0 Å². The summed E-state index contributed by atoms with van der Waals surface area (Å²) in [7, 11) is 0. The molecule has 1 atom stereocenters. The van der Waals surface area contributed by atoms with Crippen LogP contribution in [0.15, 0.2) is 54.6 Å². The zero-order valence-electron chi connectivity index (χ0n) is 13.0. The van der Waals surface area contributed by atoms with E-state index in [0.717, 1.165) is 11.1 Å². The van der Waals surface area contributed by atoms with Gasteiger partial charge in [-0.2, -0.15) is 0 Å². The summed E-state index contributed by atoms with van der Waals surface area (Å²) >= 11 is 0. The fourth-order valence-corrected chi connectivity index (χ4v) is 2.29. The summed E-state index contributed by atoms with van der Waals surface area (Å²) in [6.07, 6.45) is 0.332. The van der Waals surface area contributed by atoms with Gasteiger partial charge in [0.2, 0.25) is 0 Å². The summed E-state index contributed by atoms with van der Waals surface area (Å²) in [4.78, 5) is 12.3. The van der Waals surface area contributed by atoms with Crippen LogP contribution in [-0.4, -0.2) is 5.78 Å². The Morgan fingerprint density at radius 1 is 1.00 bits per heavy atom. The van der Waals surface area contributed by atoms with Gasteiger partial charge in [-0.1, -0.05) is 75.4 Å². The number of benzene rings is 2. The van der Waals surface area contributed by atoms with Crippen molar-refractivity contribution in [2.24, 2.45) is 5.73 Å². The Bertz CT molecular complexity index is 594. The van der Waals surface area contributed by atoms with Crippen molar-refractivity contribution in [3.05, 3.63) is 71.3 Å². The largest absolute Gasteiger partial charge is 0.324 e. The Kier molecular flexibility index (Phi) is 4.59. The van der Waals surface area contributed by atoms with E-state index in [1.165, 1.54) is 5.56 Å². The summed E-state index contributed by atoms with van der Waals surface area (Å²) < 4.78 is 0. The van der Waals surface area contributed by atoms with Crippen molar-refractivity contribution in [3.8, 4) is 0 Å². The van der Waals surface area contributed by atoms with Crippen LogP contribution in [0.5, 0.6) is 0 Å². The second-order valence-corrected chi connectivity index (χ2v) is 6.47. The van der Waals surface area contributed by atoms with E-state index in [1.807, 2.05) is 54.6 Å². The van der Waals surface area contributed by atoms with Gasteiger partial charge in [0.15, 0.2) is 5.78 Å².